The Balaban J connectivity index is 1.38. The van der Waals surface area contributed by atoms with Crippen LogP contribution in [0.5, 0.6) is 0 Å². The lowest BCUT2D eigenvalue weighted by Gasteiger charge is -2.26. The van der Waals surface area contributed by atoms with Crippen LogP contribution in [0.3, 0.4) is 0 Å². The summed E-state index contributed by atoms with van der Waals surface area (Å²) in [5, 5.41) is 2.70. The van der Waals surface area contributed by atoms with Crippen molar-refractivity contribution < 1.29 is 26.8 Å². The number of aromatic nitrogens is 2. The molecule has 0 spiro atoms. The lowest BCUT2D eigenvalue weighted by Crippen LogP contribution is -2.54. The van der Waals surface area contributed by atoms with E-state index in [0.717, 1.165) is 21.1 Å². The van der Waals surface area contributed by atoms with Gasteiger partial charge in [0, 0.05) is 48.5 Å². The normalized spacial score (nSPS) is 13.7. The molecular formula is C25H21ClF2N6O4S2. The molecule has 208 valence electrons. The Morgan fingerprint density at radius 3 is 2.65 bits per heavy atom. The molecule has 0 saturated heterocycles. The highest BCUT2D eigenvalue weighted by Crippen LogP contribution is 2.32. The van der Waals surface area contributed by atoms with Crippen molar-refractivity contribution in [1.29, 1.82) is 0 Å². The van der Waals surface area contributed by atoms with Gasteiger partial charge < -0.3 is 10.2 Å². The number of hydrogen-bond acceptors (Lipinski definition) is 7. The molecule has 15 heteroatoms. The summed E-state index contributed by atoms with van der Waals surface area (Å²) in [6.07, 6.45) is 1.32. The van der Waals surface area contributed by atoms with Gasteiger partial charge in [0.2, 0.25) is 5.91 Å². The second kappa shape index (κ2) is 10.9. The molecule has 40 heavy (non-hydrogen) atoms. The van der Waals surface area contributed by atoms with Gasteiger partial charge in [-0.2, -0.15) is 8.42 Å². The van der Waals surface area contributed by atoms with Gasteiger partial charge in [0.05, 0.1) is 15.7 Å². The number of fused-ring (bicyclic) bond motifs is 2. The Labute approximate surface area is 236 Å². The lowest BCUT2D eigenvalue weighted by atomic mass is 10.0. The summed E-state index contributed by atoms with van der Waals surface area (Å²) in [6, 6.07) is 6.79. The number of carbonyl (C=O) groups is 2. The van der Waals surface area contributed by atoms with Crippen LogP contribution in [-0.4, -0.2) is 50.0 Å². The largest absolute Gasteiger partial charge is 0.330 e. The Morgan fingerprint density at radius 1 is 1.15 bits per heavy atom. The van der Waals surface area contributed by atoms with E-state index in [1.54, 1.807) is 23.7 Å². The first kappa shape index (κ1) is 27.7. The number of pyridine rings is 1. The first-order valence-corrected chi connectivity index (χ1v) is 14.5. The van der Waals surface area contributed by atoms with Crippen molar-refractivity contribution in [3.05, 3.63) is 82.0 Å². The van der Waals surface area contributed by atoms with E-state index in [2.05, 4.69) is 15.3 Å². The van der Waals surface area contributed by atoms with E-state index in [9.17, 15) is 26.8 Å². The second-order valence-corrected chi connectivity index (χ2v) is 11.8. The number of hydrogen-bond donors (Lipinski definition) is 2. The van der Waals surface area contributed by atoms with Crippen molar-refractivity contribution in [1.82, 2.24) is 20.0 Å². The lowest BCUT2D eigenvalue weighted by molar-refractivity contribution is -0.120. The van der Waals surface area contributed by atoms with E-state index in [4.69, 9.17) is 11.6 Å². The molecule has 10 nitrogen and oxygen atoms in total. The van der Waals surface area contributed by atoms with Gasteiger partial charge in [-0.1, -0.05) is 11.6 Å². The van der Waals surface area contributed by atoms with Crippen LogP contribution in [0.25, 0.3) is 10.2 Å². The van der Waals surface area contributed by atoms with Crippen LogP contribution >= 0.6 is 22.9 Å². The third kappa shape index (κ3) is 5.69. The van der Waals surface area contributed by atoms with E-state index in [1.165, 1.54) is 35.5 Å². The van der Waals surface area contributed by atoms with Gasteiger partial charge in [-0.25, -0.2) is 32.6 Å². The quantitative estimate of drug-likeness (QED) is 0.330. The summed E-state index contributed by atoms with van der Waals surface area (Å²) in [4.78, 5) is 36.0. The van der Waals surface area contributed by atoms with Gasteiger partial charge in [-0.05, 0) is 48.4 Å². The van der Waals surface area contributed by atoms with Crippen molar-refractivity contribution in [2.75, 3.05) is 22.8 Å². The maximum Gasteiger partial charge on any atom is 0.330 e. The summed E-state index contributed by atoms with van der Waals surface area (Å²) >= 11 is 7.56. The van der Waals surface area contributed by atoms with Gasteiger partial charge in [-0.3, -0.25) is 4.79 Å². The summed E-state index contributed by atoms with van der Waals surface area (Å²) < 4.78 is 57.6. The summed E-state index contributed by atoms with van der Waals surface area (Å²) in [7, 11) is -2.98. The van der Waals surface area contributed by atoms with E-state index >= 15 is 0 Å². The van der Waals surface area contributed by atoms with Crippen molar-refractivity contribution >= 4 is 66.8 Å². The standard InChI is InChI=1S/C25H21ClF2N6O4S2/c1-33(17-2-3-22-20(12-17)30-13-39-22)24(35)21(10-14-8-15(27)11-16(28)9-14)31-25(36)32-40(37,38)34-7-5-18-19(26)4-6-29-23(18)34/h2-4,6,8-9,11-13,21H,5,7,10H2,1H3,(H2,31,32,36)/t21-/m0/s1. The average molecular weight is 607 g/mol. The predicted octanol–water partition coefficient (Wildman–Crippen LogP) is 3.80. The number of halogens is 3. The van der Waals surface area contributed by atoms with Gasteiger partial charge in [0.1, 0.15) is 23.5 Å². The molecular weight excluding hydrogens is 586 g/mol. The maximum absolute atomic E-state index is 13.9. The third-order valence-corrected chi connectivity index (χ3v) is 8.83. The van der Waals surface area contributed by atoms with Gasteiger partial charge in [-0.15, -0.1) is 11.3 Å². The number of nitrogens with one attached hydrogen (secondary N) is 2. The molecule has 3 amide bonds. The van der Waals surface area contributed by atoms with Crippen LogP contribution in [0.1, 0.15) is 11.1 Å². The number of likely N-dealkylation sites (N-methyl/N-ethyl adjacent to an activating group) is 1. The minimum atomic E-state index is -4.44. The Bertz CT molecular complexity index is 1720. The first-order valence-electron chi connectivity index (χ1n) is 11.8. The highest BCUT2D eigenvalue weighted by atomic mass is 35.5. The number of nitrogens with zero attached hydrogens (tertiary/aromatic N) is 4. The monoisotopic (exact) mass is 606 g/mol. The number of anilines is 2. The zero-order valence-corrected chi connectivity index (χ0v) is 23.2. The molecule has 3 heterocycles. The van der Waals surface area contributed by atoms with Crippen LogP contribution in [0, 0.1) is 11.6 Å². The predicted molar refractivity (Wildman–Crippen MR) is 148 cm³/mol. The minimum absolute atomic E-state index is 0.00143. The summed E-state index contributed by atoms with van der Waals surface area (Å²) in [5.41, 5.74) is 3.36. The molecule has 2 aromatic carbocycles. The summed E-state index contributed by atoms with van der Waals surface area (Å²) in [5.74, 6) is -2.30. The fourth-order valence-electron chi connectivity index (χ4n) is 4.40. The SMILES string of the molecule is CN(C(=O)[C@H](Cc1cc(F)cc(F)c1)NC(=O)NS(=O)(=O)N1CCc2c(Cl)ccnc21)c1ccc2scnc2c1. The van der Waals surface area contributed by atoms with Crippen molar-refractivity contribution in [2.45, 2.75) is 18.9 Å². The molecule has 0 unspecified atom stereocenters. The van der Waals surface area contributed by atoms with E-state index in [-0.39, 0.29) is 24.3 Å². The number of amides is 3. The highest BCUT2D eigenvalue weighted by Gasteiger charge is 2.34. The zero-order valence-electron chi connectivity index (χ0n) is 20.8. The molecule has 1 aliphatic heterocycles. The van der Waals surface area contributed by atoms with Gasteiger partial charge in [0.15, 0.2) is 0 Å². The van der Waals surface area contributed by atoms with Crippen LogP contribution in [-0.2, 0) is 27.8 Å². The van der Waals surface area contributed by atoms with Crippen molar-refractivity contribution in [2.24, 2.45) is 0 Å². The molecule has 4 aromatic rings. The Morgan fingerprint density at radius 2 is 1.90 bits per heavy atom. The molecule has 0 radical (unpaired) electrons. The zero-order chi connectivity index (χ0) is 28.6. The molecule has 2 aromatic heterocycles. The molecule has 5 rings (SSSR count). The smallest absolute Gasteiger partial charge is 0.325 e. The average Bonchev–Trinajstić information content (AvgIpc) is 3.54. The number of urea groups is 1. The number of rotatable bonds is 7. The van der Waals surface area contributed by atoms with E-state index in [1.807, 2.05) is 4.72 Å². The molecule has 1 atom stereocenters. The summed E-state index contributed by atoms with van der Waals surface area (Å²) in [6.45, 7) is 0.00143. The molecule has 0 bridgehead atoms. The topological polar surface area (TPSA) is 125 Å². The third-order valence-electron chi connectivity index (χ3n) is 6.29. The maximum atomic E-state index is 13.9. The fourth-order valence-corrected chi connectivity index (χ4v) is 6.41. The number of thiazole rings is 1. The Hall–Kier alpha value is -3.88. The highest BCUT2D eigenvalue weighted by molar-refractivity contribution is 7.91. The van der Waals surface area contributed by atoms with E-state index in [0.29, 0.717) is 34.3 Å². The van der Waals surface area contributed by atoms with Crippen molar-refractivity contribution in [3.63, 3.8) is 0 Å². The molecule has 2 N–H and O–H groups in total. The van der Waals surface area contributed by atoms with Crippen LogP contribution in [0.15, 0.2) is 54.2 Å². The minimum Gasteiger partial charge on any atom is -0.325 e. The van der Waals surface area contributed by atoms with Crippen LogP contribution < -0.4 is 19.2 Å². The number of benzene rings is 2. The molecule has 0 fully saturated rings. The number of carbonyl (C=O) groups excluding carboxylic acids is 2. The fraction of sp³-hybridized carbons (Fsp3) is 0.200. The first-order chi connectivity index (χ1) is 19.0. The van der Waals surface area contributed by atoms with Crippen molar-refractivity contribution in [3.8, 4) is 0 Å². The molecule has 1 aliphatic rings. The van der Waals surface area contributed by atoms with Gasteiger partial charge in [0.25, 0.3) is 0 Å². The van der Waals surface area contributed by atoms with Gasteiger partial charge >= 0.3 is 16.2 Å². The second-order valence-electron chi connectivity index (χ2n) is 8.93. The molecule has 0 aliphatic carbocycles. The van der Waals surface area contributed by atoms with Crippen LogP contribution in [0.4, 0.5) is 25.1 Å². The Kier molecular flexibility index (Phi) is 7.57. The van der Waals surface area contributed by atoms with E-state index < -0.39 is 39.8 Å². The van der Waals surface area contributed by atoms with Crippen LogP contribution in [0.2, 0.25) is 5.02 Å². The molecule has 0 saturated carbocycles.